The minimum absolute atomic E-state index is 0.0813. The average Bonchev–Trinajstić information content (AvgIpc) is 2.62. The summed E-state index contributed by atoms with van der Waals surface area (Å²) >= 11 is 3.32. The molecule has 0 bridgehead atoms. The first kappa shape index (κ1) is 18.3. The fourth-order valence-corrected chi connectivity index (χ4v) is 4.74. The van der Waals surface area contributed by atoms with Crippen LogP contribution in [-0.4, -0.2) is 33.4 Å². The van der Waals surface area contributed by atoms with E-state index in [0.29, 0.717) is 23.5 Å². The number of non-ortho nitro benzene ring substituents is 2. The van der Waals surface area contributed by atoms with E-state index in [4.69, 9.17) is 0 Å². The fourth-order valence-electron chi connectivity index (χ4n) is 2.50. The molecule has 0 saturated carbocycles. The molecule has 3 rings (SSSR count). The van der Waals surface area contributed by atoms with Gasteiger partial charge in [0.1, 0.15) is 0 Å². The first-order valence-electron chi connectivity index (χ1n) is 7.69. The predicted molar refractivity (Wildman–Crippen MR) is 106 cm³/mol. The summed E-state index contributed by atoms with van der Waals surface area (Å²) in [6.45, 7) is 0. The molecule has 0 atom stereocenters. The average molecular weight is 392 g/mol. The van der Waals surface area contributed by atoms with E-state index >= 15 is 0 Å². The number of nitrogens with zero attached hydrogens (tertiary/aromatic N) is 4. The first-order valence-corrected chi connectivity index (χ1v) is 10.00. The second-order valence-corrected chi connectivity index (χ2v) is 7.41. The summed E-state index contributed by atoms with van der Waals surface area (Å²) in [6, 6.07) is 13.3. The Bertz CT molecular complexity index is 745. The summed E-state index contributed by atoms with van der Waals surface area (Å²) in [4.78, 5) is 25.3. The molecule has 1 heterocycles. The van der Waals surface area contributed by atoms with Crippen LogP contribution < -0.4 is 9.80 Å². The van der Waals surface area contributed by atoms with E-state index in [1.807, 2.05) is 12.1 Å². The van der Waals surface area contributed by atoms with Crippen LogP contribution in [0.2, 0.25) is 0 Å². The molecule has 1 fully saturated rings. The Morgan fingerprint density at radius 3 is 1.46 bits per heavy atom. The van der Waals surface area contributed by atoms with Gasteiger partial charge < -0.3 is 9.80 Å². The minimum Gasteiger partial charge on any atom is -0.353 e. The maximum Gasteiger partial charge on any atom is 0.271 e. The molecule has 1 aliphatic rings. The Balaban J connectivity index is 1.67. The van der Waals surface area contributed by atoms with Crippen molar-refractivity contribution in [2.75, 3.05) is 33.3 Å². The number of thioether (sulfide) groups is 2. The van der Waals surface area contributed by atoms with Crippen molar-refractivity contribution in [1.29, 1.82) is 0 Å². The van der Waals surface area contributed by atoms with Crippen LogP contribution in [-0.2, 0) is 0 Å². The van der Waals surface area contributed by atoms with Gasteiger partial charge in [-0.15, -0.1) is 23.5 Å². The monoisotopic (exact) mass is 392 g/mol. The quantitative estimate of drug-likeness (QED) is 0.566. The van der Waals surface area contributed by atoms with Gasteiger partial charge in [-0.1, -0.05) is 12.1 Å². The molecule has 0 unspecified atom stereocenters. The van der Waals surface area contributed by atoms with Gasteiger partial charge in [-0.05, 0) is 12.1 Å². The van der Waals surface area contributed by atoms with E-state index in [0.717, 1.165) is 11.4 Å². The maximum atomic E-state index is 11.0. The van der Waals surface area contributed by atoms with Gasteiger partial charge in [0.2, 0.25) is 0 Å². The van der Waals surface area contributed by atoms with Crippen LogP contribution in [0, 0.1) is 20.2 Å². The van der Waals surface area contributed by atoms with Crippen molar-refractivity contribution in [2.24, 2.45) is 0 Å². The molecule has 0 radical (unpaired) electrons. The molecule has 0 aliphatic carbocycles. The topological polar surface area (TPSA) is 92.8 Å². The molecule has 1 saturated heterocycles. The molecule has 2 aromatic carbocycles. The van der Waals surface area contributed by atoms with Crippen molar-refractivity contribution in [2.45, 2.75) is 0 Å². The van der Waals surface area contributed by atoms with Crippen molar-refractivity contribution in [1.82, 2.24) is 0 Å². The molecule has 136 valence electrons. The molecular weight excluding hydrogens is 376 g/mol. The Morgan fingerprint density at radius 1 is 0.731 bits per heavy atom. The number of anilines is 2. The van der Waals surface area contributed by atoms with Crippen molar-refractivity contribution in [3.05, 3.63) is 68.8 Å². The molecule has 26 heavy (non-hydrogen) atoms. The zero-order chi connectivity index (χ0) is 18.5. The van der Waals surface area contributed by atoms with Crippen LogP contribution in [0.3, 0.4) is 0 Å². The summed E-state index contributed by atoms with van der Waals surface area (Å²) < 4.78 is 0. The number of nitro groups is 2. The van der Waals surface area contributed by atoms with Gasteiger partial charge in [-0.25, -0.2) is 0 Å². The zero-order valence-electron chi connectivity index (χ0n) is 13.7. The van der Waals surface area contributed by atoms with E-state index in [2.05, 4.69) is 9.80 Å². The van der Waals surface area contributed by atoms with Crippen LogP contribution in [0.25, 0.3) is 0 Å². The minimum atomic E-state index is -0.391. The zero-order valence-corrected chi connectivity index (χ0v) is 15.3. The molecule has 0 spiro atoms. The van der Waals surface area contributed by atoms with Crippen molar-refractivity contribution in [3.63, 3.8) is 0 Å². The number of hydrogen-bond donors (Lipinski definition) is 0. The Hall–Kier alpha value is -2.46. The van der Waals surface area contributed by atoms with Crippen LogP contribution >= 0.6 is 23.5 Å². The maximum absolute atomic E-state index is 11.0. The number of rotatable bonds is 4. The van der Waals surface area contributed by atoms with Gasteiger partial charge in [0.25, 0.3) is 11.4 Å². The predicted octanol–water partition coefficient (Wildman–Crippen LogP) is 4.13. The van der Waals surface area contributed by atoms with Crippen molar-refractivity contribution < 1.29 is 9.85 Å². The summed E-state index contributed by atoms with van der Waals surface area (Å²) in [6.07, 6.45) is 0. The lowest BCUT2D eigenvalue weighted by Gasteiger charge is -2.31. The first-order chi connectivity index (χ1) is 12.5. The standard InChI is InChI=1S/C16H16N4O4S2/c21-19(22)15-5-1-3-13(7-15)17-9-25-11-18(12-26-10-17)14-4-2-6-16(8-14)20(23)24/h1-8H,9-12H2. The van der Waals surface area contributed by atoms with Gasteiger partial charge in [-0.3, -0.25) is 20.2 Å². The third-order valence-corrected chi connectivity index (χ3v) is 5.78. The highest BCUT2D eigenvalue weighted by molar-refractivity contribution is 8.01. The highest BCUT2D eigenvalue weighted by Crippen LogP contribution is 2.30. The highest BCUT2D eigenvalue weighted by atomic mass is 32.2. The highest BCUT2D eigenvalue weighted by Gasteiger charge is 2.17. The van der Waals surface area contributed by atoms with Crippen LogP contribution in [0.5, 0.6) is 0 Å². The van der Waals surface area contributed by atoms with Gasteiger partial charge in [0, 0.05) is 35.6 Å². The summed E-state index contributed by atoms with van der Waals surface area (Å²) in [5, 5.41) is 21.9. The Labute approximate surface area is 158 Å². The van der Waals surface area contributed by atoms with Crippen LogP contribution in [0.15, 0.2) is 48.5 Å². The normalized spacial score (nSPS) is 15.2. The van der Waals surface area contributed by atoms with Gasteiger partial charge >= 0.3 is 0 Å². The van der Waals surface area contributed by atoms with E-state index in [-0.39, 0.29) is 11.4 Å². The number of nitro benzene ring substituents is 2. The molecule has 1 aliphatic heterocycles. The van der Waals surface area contributed by atoms with E-state index in [1.165, 1.54) is 12.1 Å². The van der Waals surface area contributed by atoms with E-state index < -0.39 is 9.85 Å². The lowest BCUT2D eigenvalue weighted by atomic mass is 10.3. The lowest BCUT2D eigenvalue weighted by molar-refractivity contribution is -0.385. The molecule has 0 amide bonds. The summed E-state index contributed by atoms with van der Waals surface area (Å²) in [7, 11) is 0. The largest absolute Gasteiger partial charge is 0.353 e. The SMILES string of the molecule is O=[N+]([O-])c1cccc(N2CSCN(c3cccc([N+](=O)[O-])c3)CSC2)c1. The number of hydrogen-bond acceptors (Lipinski definition) is 8. The van der Waals surface area contributed by atoms with E-state index in [1.54, 1.807) is 47.8 Å². The lowest BCUT2D eigenvalue weighted by Crippen LogP contribution is -2.31. The Kier molecular flexibility index (Phi) is 5.84. The third-order valence-electron chi connectivity index (χ3n) is 3.80. The van der Waals surface area contributed by atoms with Crippen LogP contribution in [0.1, 0.15) is 0 Å². The fraction of sp³-hybridized carbons (Fsp3) is 0.250. The Morgan fingerprint density at radius 2 is 1.12 bits per heavy atom. The molecule has 0 N–H and O–H groups in total. The molecule has 10 heteroatoms. The van der Waals surface area contributed by atoms with Gasteiger partial charge in [0.15, 0.2) is 0 Å². The van der Waals surface area contributed by atoms with E-state index in [9.17, 15) is 20.2 Å². The molecular formula is C16H16N4O4S2. The molecule has 0 aromatic heterocycles. The second-order valence-electron chi connectivity index (χ2n) is 5.56. The smallest absolute Gasteiger partial charge is 0.271 e. The second kappa shape index (κ2) is 8.28. The van der Waals surface area contributed by atoms with Gasteiger partial charge in [0.05, 0.1) is 33.4 Å². The summed E-state index contributed by atoms with van der Waals surface area (Å²) in [5.74, 6) is 2.72. The summed E-state index contributed by atoms with van der Waals surface area (Å²) in [5.41, 5.74) is 1.81. The molecule has 8 nitrogen and oxygen atoms in total. The van der Waals surface area contributed by atoms with Crippen LogP contribution in [0.4, 0.5) is 22.7 Å². The van der Waals surface area contributed by atoms with Crippen molar-refractivity contribution in [3.8, 4) is 0 Å². The number of benzene rings is 2. The van der Waals surface area contributed by atoms with Gasteiger partial charge in [-0.2, -0.15) is 0 Å². The third kappa shape index (κ3) is 4.38. The molecule has 2 aromatic rings. The van der Waals surface area contributed by atoms with Crippen molar-refractivity contribution >= 4 is 46.3 Å².